The summed E-state index contributed by atoms with van der Waals surface area (Å²) in [5.41, 5.74) is 0. The van der Waals surface area contributed by atoms with Crippen molar-refractivity contribution >= 4 is 27.9 Å². The van der Waals surface area contributed by atoms with Crippen LogP contribution in [0.3, 0.4) is 0 Å². The molecule has 1 aliphatic heterocycles. The van der Waals surface area contributed by atoms with E-state index in [2.05, 4.69) is 0 Å². The fourth-order valence-electron chi connectivity index (χ4n) is 2.87. The van der Waals surface area contributed by atoms with Crippen molar-refractivity contribution in [2.75, 3.05) is 33.4 Å². The van der Waals surface area contributed by atoms with Gasteiger partial charge in [0.2, 0.25) is 10.0 Å². The Hall–Kier alpha value is -2.87. The first-order valence-electron chi connectivity index (χ1n) is 9.37. The van der Waals surface area contributed by atoms with Crippen LogP contribution in [0, 0.1) is 5.92 Å². The minimum atomic E-state index is -4.64. The van der Waals surface area contributed by atoms with Crippen molar-refractivity contribution in [2.45, 2.75) is 23.9 Å². The van der Waals surface area contributed by atoms with Gasteiger partial charge in [0.1, 0.15) is 12.3 Å². The van der Waals surface area contributed by atoms with Crippen LogP contribution in [0.2, 0.25) is 0 Å². The zero-order chi connectivity index (χ0) is 23.9. The van der Waals surface area contributed by atoms with Crippen molar-refractivity contribution in [3.63, 3.8) is 0 Å². The number of carbonyl (C=O) groups is 3. The van der Waals surface area contributed by atoms with Crippen LogP contribution in [-0.4, -0.2) is 70.2 Å². The van der Waals surface area contributed by atoms with E-state index in [1.54, 1.807) is 5.32 Å². The summed E-state index contributed by atoms with van der Waals surface area (Å²) in [5, 5.41) is 3.04. The number of piperidine rings is 1. The van der Waals surface area contributed by atoms with Gasteiger partial charge in [-0.25, -0.2) is 13.2 Å². The summed E-state index contributed by atoms with van der Waals surface area (Å²) in [6.07, 6.45) is -4.33. The van der Waals surface area contributed by atoms with Crippen LogP contribution in [0.5, 0.6) is 5.75 Å². The van der Waals surface area contributed by atoms with Crippen molar-refractivity contribution in [1.29, 1.82) is 0 Å². The van der Waals surface area contributed by atoms with Crippen LogP contribution in [0.4, 0.5) is 18.0 Å². The molecule has 1 heterocycles. The average Bonchev–Trinajstić information content (AvgIpc) is 2.75. The molecule has 1 aromatic carbocycles. The van der Waals surface area contributed by atoms with Crippen LogP contribution in [0.1, 0.15) is 12.8 Å². The van der Waals surface area contributed by atoms with Crippen LogP contribution in [0.15, 0.2) is 29.2 Å². The molecule has 14 heteroatoms. The van der Waals surface area contributed by atoms with Crippen molar-refractivity contribution in [1.82, 2.24) is 14.9 Å². The van der Waals surface area contributed by atoms with Crippen LogP contribution in [-0.2, 0) is 24.3 Å². The van der Waals surface area contributed by atoms with Crippen molar-refractivity contribution in [3.8, 4) is 5.75 Å². The number of sulfonamides is 1. The molecule has 1 aliphatic rings. The number of benzene rings is 1. The molecule has 0 atom stereocenters. The Labute approximate surface area is 182 Å². The largest absolute Gasteiger partial charge is 0.497 e. The summed E-state index contributed by atoms with van der Waals surface area (Å²) >= 11 is 0. The minimum Gasteiger partial charge on any atom is -0.497 e. The second-order valence-corrected chi connectivity index (χ2v) is 8.75. The third-order valence-electron chi connectivity index (χ3n) is 4.53. The number of hydrogen-bond donors (Lipinski definition) is 2. The van der Waals surface area contributed by atoms with Gasteiger partial charge in [-0.2, -0.15) is 17.5 Å². The summed E-state index contributed by atoms with van der Waals surface area (Å²) in [4.78, 5) is 34.9. The molecule has 1 aromatic rings. The van der Waals surface area contributed by atoms with E-state index in [0.717, 1.165) is 0 Å². The molecule has 1 saturated heterocycles. The third kappa shape index (κ3) is 7.37. The molecule has 178 valence electrons. The number of hydrogen-bond acceptors (Lipinski definition) is 7. The molecular formula is C18H22F3N3O7S. The highest BCUT2D eigenvalue weighted by atomic mass is 32.2. The van der Waals surface area contributed by atoms with Crippen LogP contribution >= 0.6 is 0 Å². The Morgan fingerprint density at radius 2 is 1.72 bits per heavy atom. The Balaban J connectivity index is 1.78. The minimum absolute atomic E-state index is 0.0557. The second-order valence-electron chi connectivity index (χ2n) is 6.81. The Kier molecular flexibility index (Phi) is 8.44. The molecule has 0 radical (unpaired) electrons. The predicted octanol–water partition coefficient (Wildman–Crippen LogP) is 1.03. The maximum atomic E-state index is 12.7. The Bertz CT molecular complexity index is 928. The highest BCUT2D eigenvalue weighted by molar-refractivity contribution is 7.89. The molecule has 0 bridgehead atoms. The zero-order valence-electron chi connectivity index (χ0n) is 17.0. The van der Waals surface area contributed by atoms with Gasteiger partial charge in [0.15, 0.2) is 6.61 Å². The number of nitrogens with zero attached hydrogens (tertiary/aromatic N) is 1. The van der Waals surface area contributed by atoms with Gasteiger partial charge in [0.25, 0.3) is 5.91 Å². The fourth-order valence-corrected chi connectivity index (χ4v) is 4.34. The van der Waals surface area contributed by atoms with Crippen LogP contribution in [0.25, 0.3) is 0 Å². The fraction of sp³-hybridized carbons (Fsp3) is 0.500. The predicted molar refractivity (Wildman–Crippen MR) is 103 cm³/mol. The topological polar surface area (TPSA) is 131 Å². The molecule has 10 nitrogen and oxygen atoms in total. The number of imide groups is 1. The van der Waals surface area contributed by atoms with Gasteiger partial charge in [0.05, 0.1) is 17.9 Å². The number of amides is 3. The summed E-state index contributed by atoms with van der Waals surface area (Å²) in [6, 6.07) is 4.49. The first-order chi connectivity index (χ1) is 14.9. The third-order valence-corrected chi connectivity index (χ3v) is 6.45. The molecule has 2 rings (SSSR count). The molecule has 3 amide bonds. The highest BCUT2D eigenvalue weighted by Crippen LogP contribution is 2.25. The number of ether oxygens (including phenoxy) is 2. The van der Waals surface area contributed by atoms with E-state index in [0.29, 0.717) is 5.75 Å². The second kappa shape index (κ2) is 10.6. The van der Waals surface area contributed by atoms with E-state index in [-0.39, 0.29) is 30.8 Å². The lowest BCUT2D eigenvalue weighted by atomic mass is 9.98. The van der Waals surface area contributed by atoms with E-state index < -0.39 is 53.2 Å². The zero-order valence-corrected chi connectivity index (χ0v) is 17.8. The monoisotopic (exact) mass is 481 g/mol. The number of alkyl halides is 3. The molecule has 0 spiro atoms. The van der Waals surface area contributed by atoms with E-state index in [1.807, 2.05) is 0 Å². The lowest BCUT2D eigenvalue weighted by Crippen LogP contribution is -2.45. The number of methoxy groups -OCH3 is 1. The number of halogens is 3. The van der Waals surface area contributed by atoms with Gasteiger partial charge in [-0.3, -0.25) is 14.9 Å². The van der Waals surface area contributed by atoms with Crippen LogP contribution < -0.4 is 15.4 Å². The van der Waals surface area contributed by atoms with E-state index in [9.17, 15) is 36.0 Å². The maximum Gasteiger partial charge on any atom is 0.405 e. The molecule has 1 fully saturated rings. The Morgan fingerprint density at radius 3 is 2.25 bits per heavy atom. The highest BCUT2D eigenvalue weighted by Gasteiger charge is 2.33. The first-order valence-corrected chi connectivity index (χ1v) is 10.8. The first kappa shape index (κ1) is 25.4. The summed E-state index contributed by atoms with van der Waals surface area (Å²) in [6.45, 7) is -2.37. The molecule has 0 unspecified atom stereocenters. The van der Waals surface area contributed by atoms with Gasteiger partial charge < -0.3 is 14.8 Å². The lowest BCUT2D eigenvalue weighted by Gasteiger charge is -2.30. The number of carbonyl (C=O) groups excluding carboxylic acids is 3. The smallest absolute Gasteiger partial charge is 0.405 e. The molecule has 0 aromatic heterocycles. The molecule has 2 N–H and O–H groups in total. The summed E-state index contributed by atoms with van der Waals surface area (Å²) < 4.78 is 72.4. The molecule has 0 saturated carbocycles. The van der Waals surface area contributed by atoms with E-state index in [4.69, 9.17) is 9.47 Å². The SMILES string of the molecule is COc1ccc(S(=O)(=O)N2CCC(C(=O)OCC(=O)NC(=O)NCC(F)(F)F)CC2)cc1. The molecular weight excluding hydrogens is 459 g/mol. The molecule has 0 aliphatic carbocycles. The number of urea groups is 1. The lowest BCUT2D eigenvalue weighted by molar-refractivity contribution is -0.153. The van der Waals surface area contributed by atoms with Crippen molar-refractivity contribution < 1.29 is 45.4 Å². The summed E-state index contributed by atoms with van der Waals surface area (Å²) in [5.74, 6) is -2.02. The van der Waals surface area contributed by atoms with Crippen molar-refractivity contribution in [2.24, 2.45) is 5.92 Å². The standard InChI is InChI=1S/C18H22F3N3O7S/c1-30-13-2-4-14(5-3-13)32(28,29)24-8-6-12(7-9-24)16(26)31-10-15(25)23-17(27)22-11-18(19,20)21/h2-5,12H,6-11H2,1H3,(H2,22,23,25,27). The number of esters is 1. The number of rotatable bonds is 7. The maximum absolute atomic E-state index is 12.7. The van der Waals surface area contributed by atoms with Gasteiger partial charge in [-0.1, -0.05) is 0 Å². The number of nitrogens with one attached hydrogen (secondary N) is 2. The summed E-state index contributed by atoms with van der Waals surface area (Å²) in [7, 11) is -2.30. The normalized spacial score (nSPS) is 15.6. The van der Waals surface area contributed by atoms with Crippen molar-refractivity contribution in [3.05, 3.63) is 24.3 Å². The quantitative estimate of drug-likeness (QED) is 0.556. The van der Waals surface area contributed by atoms with Gasteiger partial charge >= 0.3 is 18.2 Å². The Morgan fingerprint density at radius 1 is 1.12 bits per heavy atom. The molecule has 32 heavy (non-hydrogen) atoms. The van der Waals surface area contributed by atoms with E-state index in [1.165, 1.54) is 41.0 Å². The average molecular weight is 481 g/mol. The van der Waals surface area contributed by atoms with Gasteiger partial charge in [-0.05, 0) is 37.1 Å². The van der Waals surface area contributed by atoms with Gasteiger partial charge in [-0.15, -0.1) is 0 Å². The van der Waals surface area contributed by atoms with E-state index >= 15 is 0 Å². The van der Waals surface area contributed by atoms with Gasteiger partial charge in [0, 0.05) is 13.1 Å².